The molecule has 0 aliphatic rings. The van der Waals surface area contributed by atoms with Crippen LogP contribution in [0, 0.1) is 5.82 Å². The van der Waals surface area contributed by atoms with Crippen molar-refractivity contribution in [3.05, 3.63) is 67.9 Å². The molecule has 1 atom stereocenters. The number of aliphatic hydroxyl groups excluding tert-OH is 1. The Kier molecular flexibility index (Phi) is 4.75. The van der Waals surface area contributed by atoms with Crippen LogP contribution in [0.1, 0.15) is 22.8 Å². The Bertz CT molecular complexity index is 650. The summed E-state index contributed by atoms with van der Waals surface area (Å²) in [4.78, 5) is 0. The number of rotatable bonds is 2. The Labute approximate surface area is 134 Å². The molecule has 2 rings (SSSR count). The van der Waals surface area contributed by atoms with Crippen molar-refractivity contribution in [2.75, 3.05) is 0 Å². The largest absolute Gasteiger partial charge is 0.419 e. The summed E-state index contributed by atoms with van der Waals surface area (Å²) in [5.74, 6) is -1.41. The molecule has 2 aromatic carbocycles. The molecule has 0 spiro atoms. The molecule has 7 heteroatoms. The van der Waals surface area contributed by atoms with Crippen LogP contribution in [0.3, 0.4) is 0 Å². The molecule has 21 heavy (non-hydrogen) atoms. The van der Waals surface area contributed by atoms with E-state index in [1.54, 1.807) is 18.2 Å². The maximum Gasteiger partial charge on any atom is 0.419 e. The van der Waals surface area contributed by atoms with Crippen molar-refractivity contribution in [2.24, 2.45) is 0 Å². The maximum absolute atomic E-state index is 13.5. The van der Waals surface area contributed by atoms with Crippen LogP contribution >= 0.6 is 31.9 Å². The number of halogens is 6. The van der Waals surface area contributed by atoms with Crippen molar-refractivity contribution in [1.82, 2.24) is 0 Å². The van der Waals surface area contributed by atoms with Crippen molar-refractivity contribution < 1.29 is 22.7 Å². The van der Waals surface area contributed by atoms with Gasteiger partial charge >= 0.3 is 6.18 Å². The molecule has 0 aliphatic carbocycles. The van der Waals surface area contributed by atoms with Crippen LogP contribution in [0.5, 0.6) is 0 Å². The van der Waals surface area contributed by atoms with Gasteiger partial charge in [0.1, 0.15) is 11.9 Å². The molecule has 1 N–H and O–H groups in total. The van der Waals surface area contributed by atoms with Gasteiger partial charge < -0.3 is 5.11 Å². The lowest BCUT2D eigenvalue weighted by Gasteiger charge is -2.15. The fourth-order valence-corrected chi connectivity index (χ4v) is 3.19. The Morgan fingerprint density at radius 1 is 0.905 bits per heavy atom. The average Bonchev–Trinajstić information content (AvgIpc) is 2.35. The van der Waals surface area contributed by atoms with Gasteiger partial charge in [-0.3, -0.25) is 0 Å². The third-order valence-electron chi connectivity index (χ3n) is 2.81. The molecule has 1 unspecified atom stereocenters. The van der Waals surface area contributed by atoms with E-state index in [1.165, 1.54) is 0 Å². The summed E-state index contributed by atoms with van der Waals surface area (Å²) in [5, 5.41) is 10.2. The molecule has 0 heterocycles. The second kappa shape index (κ2) is 6.06. The van der Waals surface area contributed by atoms with Gasteiger partial charge in [0, 0.05) is 8.95 Å². The second-order valence-corrected chi connectivity index (χ2v) is 6.17. The Balaban J connectivity index is 2.40. The smallest absolute Gasteiger partial charge is 0.384 e. The van der Waals surface area contributed by atoms with Gasteiger partial charge in [-0.25, -0.2) is 4.39 Å². The van der Waals surface area contributed by atoms with E-state index < -0.39 is 23.7 Å². The minimum absolute atomic E-state index is 0.0468. The lowest BCUT2D eigenvalue weighted by atomic mass is 10.00. The van der Waals surface area contributed by atoms with Crippen molar-refractivity contribution in [1.29, 1.82) is 0 Å². The van der Waals surface area contributed by atoms with Gasteiger partial charge in [0.15, 0.2) is 0 Å². The molecule has 1 nitrogen and oxygen atoms in total. The average molecular weight is 428 g/mol. The molecular formula is C14H8Br2F4O. The van der Waals surface area contributed by atoms with Crippen molar-refractivity contribution in [2.45, 2.75) is 12.3 Å². The first-order valence-corrected chi connectivity index (χ1v) is 7.28. The van der Waals surface area contributed by atoms with E-state index in [4.69, 9.17) is 0 Å². The third kappa shape index (κ3) is 3.84. The van der Waals surface area contributed by atoms with Gasteiger partial charge in [-0.2, -0.15) is 13.2 Å². The second-order valence-electron chi connectivity index (χ2n) is 4.34. The topological polar surface area (TPSA) is 20.2 Å². The zero-order valence-electron chi connectivity index (χ0n) is 10.3. The van der Waals surface area contributed by atoms with Crippen LogP contribution in [0.2, 0.25) is 0 Å². The summed E-state index contributed by atoms with van der Waals surface area (Å²) in [6.45, 7) is 0. The van der Waals surface area contributed by atoms with Crippen LogP contribution in [0.15, 0.2) is 45.3 Å². The normalized spacial score (nSPS) is 13.3. The zero-order valence-corrected chi connectivity index (χ0v) is 13.4. The van der Waals surface area contributed by atoms with Crippen LogP contribution in [-0.2, 0) is 6.18 Å². The first-order chi connectivity index (χ1) is 9.68. The first kappa shape index (κ1) is 16.5. The van der Waals surface area contributed by atoms with E-state index in [2.05, 4.69) is 31.9 Å². The minimum atomic E-state index is -4.76. The van der Waals surface area contributed by atoms with Gasteiger partial charge in [-0.15, -0.1) is 0 Å². The van der Waals surface area contributed by atoms with E-state index in [9.17, 15) is 22.7 Å². The lowest BCUT2D eigenvalue weighted by molar-refractivity contribution is -0.140. The molecule has 2 aromatic rings. The first-order valence-electron chi connectivity index (χ1n) is 5.69. The number of hydrogen-bond donors (Lipinski definition) is 1. The Morgan fingerprint density at radius 3 is 1.95 bits per heavy atom. The molecule has 112 valence electrons. The van der Waals surface area contributed by atoms with E-state index in [0.29, 0.717) is 26.6 Å². The SMILES string of the molecule is OC(c1cc(Br)cc(Br)c1)c1ccc(C(F)(F)F)c(F)c1. The summed E-state index contributed by atoms with van der Waals surface area (Å²) in [6, 6.07) is 7.33. The van der Waals surface area contributed by atoms with Crippen molar-refractivity contribution in [3.63, 3.8) is 0 Å². The monoisotopic (exact) mass is 426 g/mol. The summed E-state index contributed by atoms with van der Waals surface area (Å²) in [7, 11) is 0. The molecule has 0 radical (unpaired) electrons. The van der Waals surface area contributed by atoms with Crippen molar-refractivity contribution in [3.8, 4) is 0 Å². The zero-order chi connectivity index (χ0) is 15.8. The Morgan fingerprint density at radius 2 is 1.48 bits per heavy atom. The number of benzene rings is 2. The summed E-state index contributed by atoms with van der Waals surface area (Å²) in [6.07, 6.45) is -5.98. The molecule has 0 saturated heterocycles. The number of aliphatic hydroxyl groups is 1. The van der Waals surface area contributed by atoms with Crippen molar-refractivity contribution >= 4 is 31.9 Å². The molecule has 0 saturated carbocycles. The van der Waals surface area contributed by atoms with Gasteiger partial charge in [-0.05, 0) is 41.5 Å². The van der Waals surface area contributed by atoms with E-state index >= 15 is 0 Å². The molecule has 0 fully saturated rings. The predicted molar refractivity (Wildman–Crippen MR) is 77.3 cm³/mol. The van der Waals surface area contributed by atoms with Crippen LogP contribution < -0.4 is 0 Å². The highest BCUT2D eigenvalue weighted by molar-refractivity contribution is 9.11. The van der Waals surface area contributed by atoms with E-state index in [0.717, 1.165) is 6.07 Å². The quantitative estimate of drug-likeness (QED) is 0.631. The van der Waals surface area contributed by atoms with Crippen LogP contribution in [0.4, 0.5) is 17.6 Å². The highest BCUT2D eigenvalue weighted by Gasteiger charge is 2.34. The summed E-state index contributed by atoms with van der Waals surface area (Å²) >= 11 is 6.48. The van der Waals surface area contributed by atoms with Crippen LogP contribution in [0.25, 0.3) is 0 Å². The maximum atomic E-state index is 13.5. The van der Waals surface area contributed by atoms with Gasteiger partial charge in [0.05, 0.1) is 5.56 Å². The lowest BCUT2D eigenvalue weighted by Crippen LogP contribution is -2.09. The summed E-state index contributed by atoms with van der Waals surface area (Å²) in [5.41, 5.74) is -0.880. The number of hydrogen-bond acceptors (Lipinski definition) is 1. The van der Waals surface area contributed by atoms with E-state index in [-0.39, 0.29) is 5.56 Å². The molecule has 0 bridgehead atoms. The molecule has 0 aromatic heterocycles. The molecule has 0 aliphatic heterocycles. The standard InChI is InChI=1S/C14H8Br2F4O/c15-9-3-8(4-10(16)6-9)13(21)7-1-2-11(12(17)5-7)14(18,19)20/h1-6,13,21H. The molecular weight excluding hydrogens is 420 g/mol. The van der Waals surface area contributed by atoms with Gasteiger partial charge in [0.2, 0.25) is 0 Å². The highest BCUT2D eigenvalue weighted by atomic mass is 79.9. The van der Waals surface area contributed by atoms with Gasteiger partial charge in [-0.1, -0.05) is 37.9 Å². The fourth-order valence-electron chi connectivity index (χ4n) is 1.86. The minimum Gasteiger partial charge on any atom is -0.384 e. The Hall–Kier alpha value is -0.920. The predicted octanol–water partition coefficient (Wildman–Crippen LogP) is 5.45. The summed E-state index contributed by atoms with van der Waals surface area (Å²) < 4.78 is 52.4. The third-order valence-corrected chi connectivity index (χ3v) is 3.73. The van der Waals surface area contributed by atoms with Crippen LogP contribution in [-0.4, -0.2) is 5.11 Å². The van der Waals surface area contributed by atoms with E-state index in [1.807, 2.05) is 0 Å². The number of alkyl halides is 3. The fraction of sp³-hybridized carbons (Fsp3) is 0.143. The highest BCUT2D eigenvalue weighted by Crippen LogP contribution is 2.34. The van der Waals surface area contributed by atoms with Gasteiger partial charge in [0.25, 0.3) is 0 Å². The molecule has 0 amide bonds.